The maximum absolute atomic E-state index is 11.7. The lowest BCUT2D eigenvalue weighted by Gasteiger charge is -2.27. The van der Waals surface area contributed by atoms with Gasteiger partial charge in [0.15, 0.2) is 0 Å². The molecule has 84 valence electrons. The van der Waals surface area contributed by atoms with Crippen molar-refractivity contribution in [3.8, 4) is 0 Å². The number of Topliss-reactive ketones (excluding diaryl/α,β-unsaturated/α-hetero) is 1. The quantitative estimate of drug-likeness (QED) is 0.668. The molecule has 0 amide bonds. The van der Waals surface area contributed by atoms with Crippen molar-refractivity contribution >= 4 is 5.78 Å². The first-order valence-electron chi connectivity index (χ1n) is 5.54. The fourth-order valence-electron chi connectivity index (χ4n) is 1.31. The molecule has 0 aromatic carbocycles. The topological polar surface area (TPSA) is 17.1 Å². The highest BCUT2D eigenvalue weighted by Crippen LogP contribution is 2.30. The van der Waals surface area contributed by atoms with Gasteiger partial charge in [0.05, 0.1) is 0 Å². The SMILES string of the molecule is C[C@H](CC(=O)CC(C)(C)C)C(C)(C)C. The Hall–Kier alpha value is -0.330. The lowest BCUT2D eigenvalue weighted by Crippen LogP contribution is -2.22. The van der Waals surface area contributed by atoms with Crippen LogP contribution in [-0.2, 0) is 4.79 Å². The molecule has 0 aliphatic heterocycles. The van der Waals surface area contributed by atoms with Crippen LogP contribution in [0.1, 0.15) is 61.3 Å². The van der Waals surface area contributed by atoms with Crippen molar-refractivity contribution in [1.29, 1.82) is 0 Å². The van der Waals surface area contributed by atoms with E-state index in [0.717, 1.165) is 6.42 Å². The summed E-state index contributed by atoms with van der Waals surface area (Å²) in [7, 11) is 0. The van der Waals surface area contributed by atoms with E-state index in [1.54, 1.807) is 0 Å². The molecule has 0 aliphatic rings. The van der Waals surface area contributed by atoms with Crippen LogP contribution in [0.3, 0.4) is 0 Å². The van der Waals surface area contributed by atoms with Gasteiger partial charge in [-0.3, -0.25) is 4.79 Å². The summed E-state index contributed by atoms with van der Waals surface area (Å²) in [5.74, 6) is 0.872. The van der Waals surface area contributed by atoms with Gasteiger partial charge in [0.1, 0.15) is 5.78 Å². The summed E-state index contributed by atoms with van der Waals surface area (Å²) < 4.78 is 0. The van der Waals surface area contributed by atoms with Gasteiger partial charge < -0.3 is 0 Å². The van der Waals surface area contributed by atoms with Gasteiger partial charge in [0.2, 0.25) is 0 Å². The summed E-state index contributed by atoms with van der Waals surface area (Å²) in [5.41, 5.74) is 0.377. The fraction of sp³-hybridized carbons (Fsp3) is 0.923. The maximum atomic E-state index is 11.7. The Morgan fingerprint density at radius 3 is 1.79 bits per heavy atom. The zero-order chi connectivity index (χ0) is 11.6. The molecular weight excluding hydrogens is 172 g/mol. The van der Waals surface area contributed by atoms with Crippen molar-refractivity contribution in [3.05, 3.63) is 0 Å². The fourth-order valence-corrected chi connectivity index (χ4v) is 1.31. The van der Waals surface area contributed by atoms with Crippen molar-refractivity contribution in [2.24, 2.45) is 16.7 Å². The summed E-state index contributed by atoms with van der Waals surface area (Å²) in [6, 6.07) is 0. The summed E-state index contributed by atoms with van der Waals surface area (Å²) in [5, 5.41) is 0. The minimum absolute atomic E-state index is 0.134. The molecule has 0 aromatic heterocycles. The van der Waals surface area contributed by atoms with Crippen molar-refractivity contribution in [2.75, 3.05) is 0 Å². The molecule has 0 saturated carbocycles. The van der Waals surface area contributed by atoms with Crippen LogP contribution in [0.5, 0.6) is 0 Å². The van der Waals surface area contributed by atoms with Crippen LogP contribution in [0.25, 0.3) is 0 Å². The molecule has 0 spiro atoms. The molecule has 1 heteroatoms. The second-order valence-electron chi connectivity index (χ2n) is 6.75. The summed E-state index contributed by atoms with van der Waals surface area (Å²) in [6.07, 6.45) is 1.42. The number of carbonyl (C=O) groups is 1. The van der Waals surface area contributed by atoms with Gasteiger partial charge >= 0.3 is 0 Å². The second-order valence-corrected chi connectivity index (χ2v) is 6.75. The van der Waals surface area contributed by atoms with E-state index in [2.05, 4.69) is 48.5 Å². The van der Waals surface area contributed by atoms with Gasteiger partial charge in [0, 0.05) is 12.8 Å². The zero-order valence-electron chi connectivity index (χ0n) is 10.9. The molecule has 0 fully saturated rings. The first-order valence-corrected chi connectivity index (χ1v) is 5.54. The molecule has 0 saturated heterocycles. The standard InChI is InChI=1S/C13H26O/c1-10(13(5,6)7)8-11(14)9-12(2,3)4/h10H,8-9H2,1-7H3/t10-/m1/s1. The molecular formula is C13H26O. The Labute approximate surface area is 89.3 Å². The van der Waals surface area contributed by atoms with E-state index in [0.29, 0.717) is 18.1 Å². The highest BCUT2D eigenvalue weighted by molar-refractivity contribution is 5.79. The molecule has 0 rings (SSSR count). The van der Waals surface area contributed by atoms with Gasteiger partial charge in [-0.15, -0.1) is 0 Å². The van der Waals surface area contributed by atoms with Crippen molar-refractivity contribution in [3.63, 3.8) is 0 Å². The highest BCUT2D eigenvalue weighted by atomic mass is 16.1. The van der Waals surface area contributed by atoms with Crippen molar-refractivity contribution in [1.82, 2.24) is 0 Å². The van der Waals surface area contributed by atoms with Gasteiger partial charge in [0.25, 0.3) is 0 Å². The molecule has 0 heterocycles. The van der Waals surface area contributed by atoms with Crippen LogP contribution in [0, 0.1) is 16.7 Å². The van der Waals surface area contributed by atoms with Gasteiger partial charge in [-0.1, -0.05) is 48.5 Å². The predicted octanol–water partition coefficient (Wildman–Crippen LogP) is 4.06. The Morgan fingerprint density at radius 1 is 1.07 bits per heavy atom. The van der Waals surface area contributed by atoms with Crippen molar-refractivity contribution < 1.29 is 4.79 Å². The monoisotopic (exact) mass is 198 g/mol. The average molecular weight is 198 g/mol. The molecule has 0 radical (unpaired) electrons. The minimum atomic E-state index is 0.134. The molecule has 0 aromatic rings. The van der Waals surface area contributed by atoms with Gasteiger partial charge in [-0.25, -0.2) is 0 Å². The van der Waals surface area contributed by atoms with Crippen LogP contribution < -0.4 is 0 Å². The van der Waals surface area contributed by atoms with E-state index in [4.69, 9.17) is 0 Å². The molecule has 0 bridgehead atoms. The summed E-state index contributed by atoms with van der Waals surface area (Å²) in [6.45, 7) is 15.1. The molecule has 1 atom stereocenters. The molecule has 0 aliphatic carbocycles. The Kier molecular flexibility index (Phi) is 4.35. The first kappa shape index (κ1) is 13.7. The van der Waals surface area contributed by atoms with E-state index in [1.807, 2.05) is 0 Å². The van der Waals surface area contributed by atoms with E-state index in [9.17, 15) is 4.79 Å². The number of rotatable bonds is 3. The van der Waals surface area contributed by atoms with Gasteiger partial charge in [-0.2, -0.15) is 0 Å². The first-order chi connectivity index (χ1) is 6.02. The van der Waals surface area contributed by atoms with Crippen LogP contribution in [0.2, 0.25) is 0 Å². The lowest BCUT2D eigenvalue weighted by atomic mass is 9.77. The lowest BCUT2D eigenvalue weighted by molar-refractivity contribution is -0.122. The largest absolute Gasteiger partial charge is 0.300 e. The third-order valence-corrected chi connectivity index (χ3v) is 2.74. The number of hydrogen-bond donors (Lipinski definition) is 0. The molecule has 0 N–H and O–H groups in total. The van der Waals surface area contributed by atoms with E-state index in [-0.39, 0.29) is 10.8 Å². The smallest absolute Gasteiger partial charge is 0.133 e. The maximum Gasteiger partial charge on any atom is 0.133 e. The second kappa shape index (κ2) is 4.46. The van der Waals surface area contributed by atoms with Crippen LogP contribution >= 0.6 is 0 Å². The molecule has 1 nitrogen and oxygen atoms in total. The van der Waals surface area contributed by atoms with Crippen LogP contribution in [0.15, 0.2) is 0 Å². The van der Waals surface area contributed by atoms with Crippen LogP contribution in [0.4, 0.5) is 0 Å². The van der Waals surface area contributed by atoms with Gasteiger partial charge in [-0.05, 0) is 16.7 Å². The van der Waals surface area contributed by atoms with Crippen molar-refractivity contribution in [2.45, 2.75) is 61.3 Å². The Morgan fingerprint density at radius 2 is 1.50 bits per heavy atom. The average Bonchev–Trinajstić information content (AvgIpc) is 1.79. The third kappa shape index (κ3) is 6.17. The highest BCUT2D eigenvalue weighted by Gasteiger charge is 2.24. The Balaban J connectivity index is 4.09. The van der Waals surface area contributed by atoms with E-state index < -0.39 is 0 Å². The normalized spacial score (nSPS) is 15.4. The Bertz CT molecular complexity index is 190. The predicted molar refractivity (Wildman–Crippen MR) is 62.3 cm³/mol. The number of ketones is 1. The third-order valence-electron chi connectivity index (χ3n) is 2.74. The molecule has 14 heavy (non-hydrogen) atoms. The molecule has 0 unspecified atom stereocenters. The summed E-state index contributed by atoms with van der Waals surface area (Å²) >= 11 is 0. The minimum Gasteiger partial charge on any atom is -0.300 e. The van der Waals surface area contributed by atoms with E-state index >= 15 is 0 Å². The zero-order valence-corrected chi connectivity index (χ0v) is 10.9. The number of carbonyl (C=O) groups excluding carboxylic acids is 1. The number of hydrogen-bond acceptors (Lipinski definition) is 1. The van der Waals surface area contributed by atoms with E-state index in [1.165, 1.54) is 0 Å². The van der Waals surface area contributed by atoms with Crippen LogP contribution in [-0.4, -0.2) is 5.78 Å². The summed E-state index contributed by atoms with van der Waals surface area (Å²) in [4.78, 5) is 11.7.